The lowest BCUT2D eigenvalue weighted by Crippen LogP contribution is -2.39. The smallest absolute Gasteiger partial charge is 0.322 e. The third kappa shape index (κ3) is 5.91. The third-order valence-electron chi connectivity index (χ3n) is 6.85. The SMILES string of the molecule is CCOc1ccc(-n2c(C(C)N(Cc3ccccc3)C(=O)Nc3ccccc3OC)nc3ccccc3c2=O)cc1. The van der Waals surface area contributed by atoms with E-state index in [1.54, 1.807) is 34.8 Å². The van der Waals surface area contributed by atoms with Crippen molar-refractivity contribution in [1.29, 1.82) is 0 Å². The summed E-state index contributed by atoms with van der Waals surface area (Å²) in [6.07, 6.45) is 0. The molecule has 5 aromatic rings. The fourth-order valence-electron chi connectivity index (χ4n) is 4.78. The second kappa shape index (κ2) is 12.4. The van der Waals surface area contributed by atoms with Crippen LogP contribution in [-0.4, -0.2) is 34.2 Å². The van der Waals surface area contributed by atoms with E-state index in [-0.39, 0.29) is 18.1 Å². The standard InChI is InChI=1S/C33H32N4O4/c1-4-41-26-20-18-25(19-21-26)37-31(34-28-15-9-8-14-27(28)32(37)38)23(2)36(22-24-12-6-5-7-13-24)33(39)35-29-16-10-11-17-30(29)40-3/h5-21,23H,4,22H2,1-3H3,(H,35,39). The summed E-state index contributed by atoms with van der Waals surface area (Å²) in [7, 11) is 1.56. The minimum Gasteiger partial charge on any atom is -0.495 e. The number of methoxy groups -OCH3 is 1. The van der Waals surface area contributed by atoms with Crippen molar-refractivity contribution in [2.24, 2.45) is 0 Å². The number of hydrogen-bond donors (Lipinski definition) is 1. The minimum atomic E-state index is -0.603. The Bertz CT molecular complexity index is 1700. The van der Waals surface area contributed by atoms with Gasteiger partial charge in [0.15, 0.2) is 0 Å². The first-order chi connectivity index (χ1) is 20.0. The predicted octanol–water partition coefficient (Wildman–Crippen LogP) is 6.59. The summed E-state index contributed by atoms with van der Waals surface area (Å²) in [4.78, 5) is 34.5. The molecule has 0 aliphatic rings. The number of urea groups is 1. The van der Waals surface area contributed by atoms with Gasteiger partial charge in [0, 0.05) is 6.54 Å². The molecule has 0 radical (unpaired) electrons. The number of hydrogen-bond acceptors (Lipinski definition) is 5. The van der Waals surface area contributed by atoms with Gasteiger partial charge in [-0.25, -0.2) is 9.78 Å². The molecule has 2 amide bonds. The molecule has 208 valence electrons. The molecular weight excluding hydrogens is 516 g/mol. The monoisotopic (exact) mass is 548 g/mol. The normalized spacial score (nSPS) is 11.6. The van der Waals surface area contributed by atoms with Crippen LogP contribution < -0.4 is 20.3 Å². The number of nitrogens with zero attached hydrogens (tertiary/aromatic N) is 3. The van der Waals surface area contributed by atoms with Crippen molar-refractivity contribution in [3.63, 3.8) is 0 Å². The van der Waals surface area contributed by atoms with E-state index in [1.165, 1.54) is 0 Å². The van der Waals surface area contributed by atoms with Gasteiger partial charge < -0.3 is 19.7 Å². The molecule has 41 heavy (non-hydrogen) atoms. The van der Waals surface area contributed by atoms with Crippen LogP contribution in [0, 0.1) is 0 Å². The molecule has 0 aliphatic heterocycles. The zero-order valence-corrected chi connectivity index (χ0v) is 23.3. The lowest BCUT2D eigenvalue weighted by atomic mass is 10.1. The van der Waals surface area contributed by atoms with Crippen molar-refractivity contribution >= 4 is 22.6 Å². The summed E-state index contributed by atoms with van der Waals surface area (Å²) in [5.41, 5.74) is 2.45. The molecule has 8 heteroatoms. The van der Waals surface area contributed by atoms with E-state index in [0.717, 1.165) is 5.56 Å². The zero-order chi connectivity index (χ0) is 28.8. The van der Waals surface area contributed by atoms with Gasteiger partial charge in [0.1, 0.15) is 17.3 Å². The maximum absolute atomic E-state index is 13.9. The second-order valence-corrected chi connectivity index (χ2v) is 9.47. The average molecular weight is 549 g/mol. The molecule has 0 saturated heterocycles. The van der Waals surface area contributed by atoms with Crippen LogP contribution in [0.2, 0.25) is 0 Å². The van der Waals surface area contributed by atoms with Gasteiger partial charge in [-0.05, 0) is 67.9 Å². The molecule has 0 bridgehead atoms. The van der Waals surface area contributed by atoms with E-state index in [2.05, 4.69) is 5.32 Å². The Morgan fingerprint density at radius 2 is 1.61 bits per heavy atom. The fraction of sp³-hybridized carbons (Fsp3) is 0.182. The van der Waals surface area contributed by atoms with Crippen LogP contribution in [0.25, 0.3) is 16.6 Å². The number of nitrogens with one attached hydrogen (secondary N) is 1. The highest BCUT2D eigenvalue weighted by Crippen LogP contribution is 2.28. The summed E-state index contributed by atoms with van der Waals surface area (Å²) >= 11 is 0. The largest absolute Gasteiger partial charge is 0.495 e. The first kappa shape index (κ1) is 27.5. The van der Waals surface area contributed by atoms with Gasteiger partial charge in [0.2, 0.25) is 0 Å². The Morgan fingerprint density at radius 1 is 0.927 bits per heavy atom. The van der Waals surface area contributed by atoms with Gasteiger partial charge in [-0.3, -0.25) is 9.36 Å². The molecule has 1 N–H and O–H groups in total. The highest BCUT2D eigenvalue weighted by Gasteiger charge is 2.28. The Hall–Kier alpha value is -5.11. The predicted molar refractivity (Wildman–Crippen MR) is 161 cm³/mol. The number of benzene rings is 4. The number of carbonyl (C=O) groups is 1. The van der Waals surface area contributed by atoms with Gasteiger partial charge in [-0.15, -0.1) is 0 Å². The van der Waals surface area contributed by atoms with Crippen molar-refractivity contribution in [1.82, 2.24) is 14.5 Å². The maximum Gasteiger partial charge on any atom is 0.322 e. The number of aromatic nitrogens is 2. The summed E-state index contributed by atoms with van der Waals surface area (Å²) in [6, 6.07) is 30.5. The number of fused-ring (bicyclic) bond motifs is 1. The van der Waals surface area contributed by atoms with Crippen LogP contribution in [0.1, 0.15) is 31.3 Å². The van der Waals surface area contributed by atoms with Crippen molar-refractivity contribution in [3.8, 4) is 17.2 Å². The molecule has 4 aromatic carbocycles. The lowest BCUT2D eigenvalue weighted by molar-refractivity contribution is 0.185. The average Bonchev–Trinajstić information content (AvgIpc) is 3.01. The van der Waals surface area contributed by atoms with E-state index in [0.29, 0.717) is 46.2 Å². The summed E-state index contributed by atoms with van der Waals surface area (Å²) < 4.78 is 12.6. The maximum atomic E-state index is 13.9. The van der Waals surface area contributed by atoms with Gasteiger partial charge >= 0.3 is 6.03 Å². The molecule has 0 saturated carbocycles. The van der Waals surface area contributed by atoms with Crippen LogP contribution in [0.5, 0.6) is 11.5 Å². The van der Waals surface area contributed by atoms with E-state index in [1.807, 2.05) is 98.8 Å². The van der Waals surface area contributed by atoms with Crippen LogP contribution in [-0.2, 0) is 6.54 Å². The molecule has 1 atom stereocenters. The van der Waals surface area contributed by atoms with Crippen molar-refractivity contribution in [2.75, 3.05) is 19.0 Å². The summed E-state index contributed by atoms with van der Waals surface area (Å²) in [6.45, 7) is 4.62. The number of anilines is 1. The van der Waals surface area contributed by atoms with E-state index in [4.69, 9.17) is 14.5 Å². The lowest BCUT2D eigenvalue weighted by Gasteiger charge is -2.31. The van der Waals surface area contributed by atoms with Crippen LogP contribution >= 0.6 is 0 Å². The van der Waals surface area contributed by atoms with Crippen molar-refractivity contribution < 1.29 is 14.3 Å². The molecule has 0 fully saturated rings. The number of para-hydroxylation sites is 3. The Morgan fingerprint density at radius 3 is 2.34 bits per heavy atom. The molecular formula is C33H32N4O4. The van der Waals surface area contributed by atoms with Crippen molar-refractivity contribution in [3.05, 3.63) is 125 Å². The van der Waals surface area contributed by atoms with E-state index >= 15 is 0 Å². The van der Waals surface area contributed by atoms with E-state index < -0.39 is 6.04 Å². The second-order valence-electron chi connectivity index (χ2n) is 9.47. The van der Waals surface area contributed by atoms with Gasteiger partial charge in [-0.2, -0.15) is 0 Å². The Balaban J connectivity index is 1.63. The number of amides is 2. The highest BCUT2D eigenvalue weighted by molar-refractivity contribution is 5.91. The first-order valence-electron chi connectivity index (χ1n) is 13.5. The minimum absolute atomic E-state index is 0.216. The van der Waals surface area contributed by atoms with Gasteiger partial charge in [0.05, 0.1) is 42.0 Å². The summed E-state index contributed by atoms with van der Waals surface area (Å²) in [5, 5.41) is 3.49. The molecule has 1 aromatic heterocycles. The molecule has 0 spiro atoms. The van der Waals surface area contributed by atoms with Crippen molar-refractivity contribution in [2.45, 2.75) is 26.4 Å². The van der Waals surface area contributed by atoms with Crippen LogP contribution in [0.4, 0.5) is 10.5 Å². The topological polar surface area (TPSA) is 85.7 Å². The molecule has 1 unspecified atom stereocenters. The van der Waals surface area contributed by atoms with Gasteiger partial charge in [-0.1, -0.05) is 54.6 Å². The molecule has 8 nitrogen and oxygen atoms in total. The molecule has 5 rings (SSSR count). The quantitative estimate of drug-likeness (QED) is 0.225. The van der Waals surface area contributed by atoms with Gasteiger partial charge in [0.25, 0.3) is 5.56 Å². The Labute approximate surface area is 238 Å². The summed E-state index contributed by atoms with van der Waals surface area (Å²) in [5.74, 6) is 1.68. The highest BCUT2D eigenvalue weighted by atomic mass is 16.5. The molecule has 1 heterocycles. The number of rotatable bonds is 9. The number of carbonyl (C=O) groups excluding carboxylic acids is 1. The van der Waals surface area contributed by atoms with Crippen LogP contribution in [0.3, 0.4) is 0 Å². The van der Waals surface area contributed by atoms with Crippen LogP contribution in [0.15, 0.2) is 108 Å². The Kier molecular flexibility index (Phi) is 8.29. The fourth-order valence-corrected chi connectivity index (χ4v) is 4.78. The molecule has 0 aliphatic carbocycles. The van der Waals surface area contributed by atoms with E-state index in [9.17, 15) is 9.59 Å². The number of ether oxygens (including phenoxy) is 2. The third-order valence-corrected chi connectivity index (χ3v) is 6.85. The zero-order valence-electron chi connectivity index (χ0n) is 23.3. The first-order valence-corrected chi connectivity index (χ1v) is 13.5.